The number of hydrogen-bond donors (Lipinski definition) is 0. The Balaban J connectivity index is 1.97. The summed E-state index contributed by atoms with van der Waals surface area (Å²) in [6.45, 7) is 7.58. The topological polar surface area (TPSA) is 43.6 Å². The summed E-state index contributed by atoms with van der Waals surface area (Å²) in [7, 11) is 1.69. The molecule has 0 radical (unpaired) electrons. The molecule has 5 heteroatoms. The molecule has 0 spiro atoms. The van der Waals surface area contributed by atoms with Crippen LogP contribution in [0.15, 0.2) is 41.4 Å². The zero-order valence-corrected chi connectivity index (χ0v) is 17.2. The summed E-state index contributed by atoms with van der Waals surface area (Å²) < 4.78 is 8.53. The molecule has 142 valence electrons. The minimum absolute atomic E-state index is 0.119. The second-order valence-corrected chi connectivity index (χ2v) is 7.79. The maximum Gasteiger partial charge on any atom is 0.252 e. The van der Waals surface area contributed by atoms with E-state index in [0.717, 1.165) is 22.3 Å². The molecule has 0 aliphatic rings. The van der Waals surface area contributed by atoms with Gasteiger partial charge in [0.05, 0.1) is 23.2 Å². The number of ether oxygens (including phenoxy) is 1. The van der Waals surface area contributed by atoms with Gasteiger partial charge in [0.1, 0.15) is 0 Å². The standard InChI is InChI=1S/C22H26N2O2S/c1-5-17-6-8-18(9-7-17)14-20(25)23-22-24(10-11-26-4)19-13-15(2)12-16(3)21(19)27-22/h6-9,12-13H,5,10-11,14H2,1-4H3. The van der Waals surface area contributed by atoms with Gasteiger partial charge in [0.2, 0.25) is 0 Å². The van der Waals surface area contributed by atoms with Gasteiger partial charge in [-0.2, -0.15) is 4.99 Å². The number of hydrogen-bond acceptors (Lipinski definition) is 3. The number of fused-ring (bicyclic) bond motifs is 1. The van der Waals surface area contributed by atoms with E-state index in [1.165, 1.54) is 21.4 Å². The summed E-state index contributed by atoms with van der Waals surface area (Å²) >= 11 is 1.57. The molecule has 1 aromatic heterocycles. The highest BCUT2D eigenvalue weighted by atomic mass is 32.1. The highest BCUT2D eigenvalue weighted by molar-refractivity contribution is 7.16. The Bertz CT molecular complexity index is 1010. The van der Waals surface area contributed by atoms with Gasteiger partial charge >= 0.3 is 0 Å². The second-order valence-electron chi connectivity index (χ2n) is 6.81. The first-order chi connectivity index (χ1) is 13.0. The third kappa shape index (κ3) is 4.54. The third-order valence-electron chi connectivity index (χ3n) is 4.64. The summed E-state index contributed by atoms with van der Waals surface area (Å²) in [6, 6.07) is 12.5. The first kappa shape index (κ1) is 19.5. The molecule has 0 bridgehead atoms. The van der Waals surface area contributed by atoms with Crippen LogP contribution in [0.5, 0.6) is 0 Å². The van der Waals surface area contributed by atoms with Crippen molar-refractivity contribution in [2.24, 2.45) is 4.99 Å². The number of rotatable bonds is 6. The Kier molecular flexibility index (Phi) is 6.24. The van der Waals surface area contributed by atoms with Crippen LogP contribution in [0.1, 0.15) is 29.2 Å². The second kappa shape index (κ2) is 8.63. The van der Waals surface area contributed by atoms with E-state index < -0.39 is 0 Å². The van der Waals surface area contributed by atoms with E-state index in [1.807, 2.05) is 12.1 Å². The molecule has 1 heterocycles. The Labute approximate surface area is 164 Å². The predicted octanol–water partition coefficient (Wildman–Crippen LogP) is 4.20. The van der Waals surface area contributed by atoms with Crippen molar-refractivity contribution in [3.05, 3.63) is 63.5 Å². The van der Waals surface area contributed by atoms with E-state index in [9.17, 15) is 4.79 Å². The maximum atomic E-state index is 12.6. The van der Waals surface area contributed by atoms with E-state index in [0.29, 0.717) is 19.6 Å². The monoisotopic (exact) mass is 382 g/mol. The summed E-state index contributed by atoms with van der Waals surface area (Å²) in [5.41, 5.74) is 5.81. The van der Waals surface area contributed by atoms with Crippen LogP contribution in [-0.4, -0.2) is 24.2 Å². The van der Waals surface area contributed by atoms with Gasteiger partial charge in [-0.1, -0.05) is 48.6 Å². The molecule has 3 aromatic rings. The lowest BCUT2D eigenvalue weighted by Crippen LogP contribution is -2.19. The fourth-order valence-electron chi connectivity index (χ4n) is 3.21. The average molecular weight is 383 g/mol. The number of aromatic nitrogens is 1. The number of aryl methyl sites for hydroxylation is 3. The van der Waals surface area contributed by atoms with Gasteiger partial charge in [0.15, 0.2) is 4.80 Å². The van der Waals surface area contributed by atoms with Crippen molar-refractivity contribution in [1.29, 1.82) is 0 Å². The maximum absolute atomic E-state index is 12.6. The van der Waals surface area contributed by atoms with E-state index in [1.54, 1.807) is 18.4 Å². The molecular weight excluding hydrogens is 356 g/mol. The van der Waals surface area contributed by atoms with Gasteiger partial charge in [0.25, 0.3) is 5.91 Å². The van der Waals surface area contributed by atoms with Gasteiger partial charge < -0.3 is 9.30 Å². The molecular formula is C22H26N2O2S. The van der Waals surface area contributed by atoms with Crippen molar-refractivity contribution < 1.29 is 9.53 Å². The van der Waals surface area contributed by atoms with Crippen molar-refractivity contribution in [1.82, 2.24) is 4.57 Å². The summed E-state index contributed by atoms with van der Waals surface area (Å²) in [5, 5.41) is 0. The van der Waals surface area contributed by atoms with Crippen molar-refractivity contribution >= 4 is 27.5 Å². The molecule has 0 N–H and O–H groups in total. The van der Waals surface area contributed by atoms with Crippen LogP contribution in [0.3, 0.4) is 0 Å². The van der Waals surface area contributed by atoms with Crippen LogP contribution in [0, 0.1) is 13.8 Å². The van der Waals surface area contributed by atoms with E-state index in [2.05, 4.69) is 54.6 Å². The molecule has 1 amide bonds. The van der Waals surface area contributed by atoms with Gasteiger partial charge in [-0.15, -0.1) is 0 Å². The molecule has 0 aliphatic carbocycles. The van der Waals surface area contributed by atoms with E-state index in [-0.39, 0.29) is 5.91 Å². The van der Waals surface area contributed by atoms with Crippen molar-refractivity contribution in [3.63, 3.8) is 0 Å². The van der Waals surface area contributed by atoms with Crippen LogP contribution in [-0.2, 0) is 28.9 Å². The first-order valence-electron chi connectivity index (χ1n) is 9.26. The van der Waals surface area contributed by atoms with Crippen molar-refractivity contribution in [2.45, 2.75) is 40.2 Å². The molecule has 0 saturated heterocycles. The molecule has 4 nitrogen and oxygen atoms in total. The summed E-state index contributed by atoms with van der Waals surface area (Å²) in [6.07, 6.45) is 1.32. The number of methoxy groups -OCH3 is 1. The lowest BCUT2D eigenvalue weighted by atomic mass is 10.1. The molecule has 2 aromatic carbocycles. The SMILES string of the molecule is CCc1ccc(CC(=O)N=c2sc3c(C)cc(C)cc3n2CCOC)cc1. The van der Waals surface area contributed by atoms with Crippen LogP contribution >= 0.6 is 11.3 Å². The third-order valence-corrected chi connectivity index (χ3v) is 5.87. The smallest absolute Gasteiger partial charge is 0.252 e. The average Bonchev–Trinajstić information content (AvgIpc) is 2.98. The van der Waals surface area contributed by atoms with Crippen molar-refractivity contribution in [2.75, 3.05) is 13.7 Å². The van der Waals surface area contributed by atoms with Gasteiger partial charge in [-0.05, 0) is 48.6 Å². The first-order valence-corrected chi connectivity index (χ1v) is 10.1. The number of carbonyl (C=O) groups is 1. The normalized spacial score (nSPS) is 12.1. The van der Waals surface area contributed by atoms with Crippen LogP contribution in [0.25, 0.3) is 10.2 Å². The predicted molar refractivity (Wildman–Crippen MR) is 111 cm³/mol. The summed E-state index contributed by atoms with van der Waals surface area (Å²) in [5.74, 6) is -0.119. The fourth-order valence-corrected chi connectivity index (χ4v) is 4.33. The van der Waals surface area contributed by atoms with E-state index >= 15 is 0 Å². The molecule has 0 aliphatic heterocycles. The van der Waals surface area contributed by atoms with Gasteiger partial charge in [-0.25, -0.2) is 0 Å². The highest BCUT2D eigenvalue weighted by Crippen LogP contribution is 2.23. The van der Waals surface area contributed by atoms with Crippen LogP contribution in [0.2, 0.25) is 0 Å². The Morgan fingerprint density at radius 2 is 1.85 bits per heavy atom. The Morgan fingerprint density at radius 3 is 2.52 bits per heavy atom. The lowest BCUT2D eigenvalue weighted by molar-refractivity contribution is -0.117. The highest BCUT2D eigenvalue weighted by Gasteiger charge is 2.11. The number of benzene rings is 2. The van der Waals surface area contributed by atoms with E-state index in [4.69, 9.17) is 4.74 Å². The lowest BCUT2D eigenvalue weighted by Gasteiger charge is -2.06. The zero-order valence-electron chi connectivity index (χ0n) is 16.4. The summed E-state index contributed by atoms with van der Waals surface area (Å²) in [4.78, 5) is 17.8. The largest absolute Gasteiger partial charge is 0.383 e. The molecule has 0 saturated carbocycles. The van der Waals surface area contributed by atoms with Gasteiger partial charge in [-0.3, -0.25) is 4.79 Å². The van der Waals surface area contributed by atoms with Gasteiger partial charge in [0, 0.05) is 13.7 Å². The number of thiazole rings is 1. The fraction of sp³-hybridized carbons (Fsp3) is 0.364. The molecule has 0 atom stereocenters. The molecule has 3 rings (SSSR count). The Morgan fingerprint density at radius 1 is 1.15 bits per heavy atom. The minimum Gasteiger partial charge on any atom is -0.383 e. The Hall–Kier alpha value is -2.24. The quantitative estimate of drug-likeness (QED) is 0.641. The molecule has 0 fully saturated rings. The molecule has 27 heavy (non-hydrogen) atoms. The number of amides is 1. The molecule has 0 unspecified atom stereocenters. The minimum atomic E-state index is -0.119. The van der Waals surface area contributed by atoms with Crippen molar-refractivity contribution in [3.8, 4) is 0 Å². The number of nitrogens with zero attached hydrogens (tertiary/aromatic N) is 2. The van der Waals surface area contributed by atoms with Crippen LogP contribution < -0.4 is 4.80 Å². The van der Waals surface area contributed by atoms with Crippen LogP contribution in [0.4, 0.5) is 0 Å². The number of carbonyl (C=O) groups excluding carboxylic acids is 1. The zero-order chi connectivity index (χ0) is 19.4.